The summed E-state index contributed by atoms with van der Waals surface area (Å²) in [5.41, 5.74) is 1.50. The number of phenolic OH excluding ortho intramolecular Hbond substituents is 1. The van der Waals surface area contributed by atoms with E-state index in [1.807, 2.05) is 13.8 Å². The number of phenols is 1. The highest BCUT2D eigenvalue weighted by Gasteiger charge is 2.20. The van der Waals surface area contributed by atoms with E-state index in [1.165, 1.54) is 6.07 Å². The van der Waals surface area contributed by atoms with Gasteiger partial charge in [-0.15, -0.1) is 0 Å². The van der Waals surface area contributed by atoms with E-state index in [2.05, 4.69) is 4.98 Å². The Kier molecular flexibility index (Phi) is 4.31. The molecule has 112 valence electrons. The Bertz CT molecular complexity index is 746. The molecule has 0 amide bonds. The number of pyridine rings is 1. The Balaban J connectivity index is 2.85. The van der Waals surface area contributed by atoms with Crippen LogP contribution in [-0.2, 0) is 11.2 Å². The zero-order valence-corrected chi connectivity index (χ0v) is 12.4. The molecule has 2 aromatic rings. The quantitative estimate of drug-likeness (QED) is 0.848. The topological polar surface area (TPSA) is 79.4 Å². The number of esters is 1. The molecule has 1 heterocycles. The predicted molar refractivity (Wildman–Crippen MR) is 80.9 cm³/mol. The summed E-state index contributed by atoms with van der Waals surface area (Å²) in [6.07, 6.45) is 1.17. The Morgan fingerprint density at radius 3 is 2.67 bits per heavy atom. The summed E-state index contributed by atoms with van der Waals surface area (Å²) >= 11 is 0. The van der Waals surface area contributed by atoms with Gasteiger partial charge in [-0.25, -0.2) is 4.79 Å². The molecular formula is C16H19NO4. The summed E-state index contributed by atoms with van der Waals surface area (Å²) in [4.78, 5) is 27.7. The van der Waals surface area contributed by atoms with Crippen molar-refractivity contribution in [2.45, 2.75) is 33.6 Å². The molecule has 0 radical (unpaired) electrons. The maximum Gasteiger partial charge on any atom is 0.355 e. The van der Waals surface area contributed by atoms with Crippen molar-refractivity contribution in [2.24, 2.45) is 0 Å². The average molecular weight is 289 g/mol. The summed E-state index contributed by atoms with van der Waals surface area (Å²) in [5.74, 6) is -0.618. The number of rotatable bonds is 4. The van der Waals surface area contributed by atoms with Gasteiger partial charge in [0, 0.05) is 5.56 Å². The third kappa shape index (κ3) is 2.63. The molecule has 1 aromatic carbocycles. The average Bonchev–Trinajstić information content (AvgIpc) is 2.45. The van der Waals surface area contributed by atoms with E-state index in [1.54, 1.807) is 13.0 Å². The normalized spacial score (nSPS) is 10.8. The van der Waals surface area contributed by atoms with Crippen molar-refractivity contribution in [1.82, 2.24) is 4.98 Å². The van der Waals surface area contributed by atoms with Crippen LogP contribution >= 0.6 is 0 Å². The lowest BCUT2D eigenvalue weighted by Crippen LogP contribution is -2.20. The highest BCUT2D eigenvalue weighted by atomic mass is 16.5. The molecule has 0 aliphatic carbocycles. The van der Waals surface area contributed by atoms with E-state index >= 15 is 0 Å². The van der Waals surface area contributed by atoms with E-state index in [4.69, 9.17) is 4.74 Å². The first kappa shape index (κ1) is 15.1. The van der Waals surface area contributed by atoms with Crippen LogP contribution in [0.25, 0.3) is 10.9 Å². The highest BCUT2D eigenvalue weighted by Crippen LogP contribution is 2.25. The van der Waals surface area contributed by atoms with Crippen molar-refractivity contribution in [3.05, 3.63) is 39.2 Å². The van der Waals surface area contributed by atoms with Gasteiger partial charge in [0.05, 0.1) is 17.5 Å². The first-order valence-electron chi connectivity index (χ1n) is 7.05. The molecule has 0 saturated carbocycles. The highest BCUT2D eigenvalue weighted by molar-refractivity contribution is 5.95. The maximum atomic E-state index is 12.6. The molecule has 0 fully saturated rings. The minimum Gasteiger partial charge on any atom is -0.507 e. The molecule has 5 nitrogen and oxygen atoms in total. The fourth-order valence-corrected chi connectivity index (χ4v) is 2.42. The van der Waals surface area contributed by atoms with Crippen molar-refractivity contribution in [2.75, 3.05) is 6.61 Å². The molecule has 1 aromatic heterocycles. The Hall–Kier alpha value is -2.30. The van der Waals surface area contributed by atoms with Crippen molar-refractivity contribution in [3.8, 4) is 5.75 Å². The van der Waals surface area contributed by atoms with Gasteiger partial charge < -0.3 is 14.8 Å². The molecule has 2 N–H and O–H groups in total. The number of carbonyl (C=O) groups is 1. The predicted octanol–water partition coefficient (Wildman–Crippen LogP) is 2.67. The van der Waals surface area contributed by atoms with Gasteiger partial charge in [0.1, 0.15) is 11.4 Å². The maximum absolute atomic E-state index is 12.6. The Morgan fingerprint density at radius 1 is 1.33 bits per heavy atom. The lowest BCUT2D eigenvalue weighted by molar-refractivity contribution is 0.0518. The number of ether oxygens (including phenoxy) is 1. The Labute approximate surface area is 122 Å². The standard InChI is InChI=1S/C16H19NO4/c1-4-6-10-14(16(20)21-5-2)17-13-9(3)7-8-11(18)12(13)15(10)19/h7-8,18H,4-6H2,1-3H3,(H,17,19). The van der Waals surface area contributed by atoms with Crippen LogP contribution in [0, 0.1) is 6.92 Å². The third-order valence-corrected chi connectivity index (χ3v) is 3.42. The van der Waals surface area contributed by atoms with Gasteiger partial charge in [-0.05, 0) is 31.9 Å². The van der Waals surface area contributed by atoms with E-state index < -0.39 is 5.97 Å². The van der Waals surface area contributed by atoms with E-state index in [9.17, 15) is 14.7 Å². The van der Waals surface area contributed by atoms with Crippen LogP contribution in [0.1, 0.15) is 41.9 Å². The van der Waals surface area contributed by atoms with Crippen molar-refractivity contribution < 1.29 is 14.6 Å². The number of carbonyl (C=O) groups excluding carboxylic acids is 1. The monoisotopic (exact) mass is 289 g/mol. The third-order valence-electron chi connectivity index (χ3n) is 3.42. The number of aromatic nitrogens is 1. The minimum absolute atomic E-state index is 0.0791. The van der Waals surface area contributed by atoms with Crippen LogP contribution in [-0.4, -0.2) is 22.7 Å². The SMILES string of the molecule is CCCc1c(C(=O)OCC)[nH]c2c(C)ccc(O)c2c1=O. The van der Waals surface area contributed by atoms with Gasteiger partial charge in [0.15, 0.2) is 5.43 Å². The molecule has 2 rings (SSSR count). The largest absolute Gasteiger partial charge is 0.507 e. The number of aryl methyl sites for hydroxylation is 1. The van der Waals surface area contributed by atoms with Gasteiger partial charge in [0.2, 0.25) is 0 Å². The van der Waals surface area contributed by atoms with Gasteiger partial charge in [-0.2, -0.15) is 0 Å². The van der Waals surface area contributed by atoms with Gasteiger partial charge in [0.25, 0.3) is 0 Å². The summed E-state index contributed by atoms with van der Waals surface area (Å²) in [7, 11) is 0. The molecule has 0 bridgehead atoms. The summed E-state index contributed by atoms with van der Waals surface area (Å²) in [6.45, 7) is 5.69. The summed E-state index contributed by atoms with van der Waals surface area (Å²) in [6, 6.07) is 3.19. The molecule has 0 unspecified atom stereocenters. The van der Waals surface area contributed by atoms with E-state index in [0.717, 1.165) is 5.56 Å². The number of aromatic amines is 1. The number of H-pyrrole nitrogens is 1. The van der Waals surface area contributed by atoms with E-state index in [-0.39, 0.29) is 28.9 Å². The molecular weight excluding hydrogens is 270 g/mol. The minimum atomic E-state index is -0.539. The van der Waals surface area contributed by atoms with Crippen molar-refractivity contribution in [3.63, 3.8) is 0 Å². The van der Waals surface area contributed by atoms with Crippen LogP contribution in [0.5, 0.6) is 5.75 Å². The fourth-order valence-electron chi connectivity index (χ4n) is 2.42. The first-order valence-corrected chi connectivity index (χ1v) is 7.05. The number of hydrogen-bond donors (Lipinski definition) is 2. The van der Waals surface area contributed by atoms with Crippen LogP contribution in [0.2, 0.25) is 0 Å². The Morgan fingerprint density at radius 2 is 2.05 bits per heavy atom. The second kappa shape index (κ2) is 5.99. The van der Waals surface area contributed by atoms with Crippen LogP contribution in [0.4, 0.5) is 0 Å². The molecule has 0 aliphatic rings. The zero-order chi connectivity index (χ0) is 15.6. The molecule has 0 spiro atoms. The number of fused-ring (bicyclic) bond motifs is 1. The van der Waals surface area contributed by atoms with Crippen LogP contribution in [0.15, 0.2) is 16.9 Å². The number of aromatic hydroxyl groups is 1. The number of nitrogens with one attached hydrogen (secondary N) is 1. The lowest BCUT2D eigenvalue weighted by Gasteiger charge is -2.12. The second-order valence-corrected chi connectivity index (χ2v) is 4.93. The lowest BCUT2D eigenvalue weighted by atomic mass is 10.0. The van der Waals surface area contributed by atoms with Crippen LogP contribution < -0.4 is 5.43 Å². The molecule has 0 saturated heterocycles. The van der Waals surface area contributed by atoms with Gasteiger partial charge in [-0.3, -0.25) is 4.79 Å². The van der Waals surface area contributed by atoms with Crippen molar-refractivity contribution in [1.29, 1.82) is 0 Å². The zero-order valence-electron chi connectivity index (χ0n) is 12.4. The fraction of sp³-hybridized carbons (Fsp3) is 0.375. The molecule has 21 heavy (non-hydrogen) atoms. The van der Waals surface area contributed by atoms with Gasteiger partial charge in [-0.1, -0.05) is 19.4 Å². The smallest absolute Gasteiger partial charge is 0.355 e. The summed E-state index contributed by atoms with van der Waals surface area (Å²) < 4.78 is 5.02. The van der Waals surface area contributed by atoms with Crippen LogP contribution in [0.3, 0.4) is 0 Å². The summed E-state index contributed by atoms with van der Waals surface area (Å²) in [5, 5.41) is 10.2. The first-order chi connectivity index (χ1) is 10.0. The van der Waals surface area contributed by atoms with E-state index in [0.29, 0.717) is 23.9 Å². The molecule has 0 atom stereocenters. The number of hydrogen-bond acceptors (Lipinski definition) is 4. The number of benzene rings is 1. The van der Waals surface area contributed by atoms with Gasteiger partial charge >= 0.3 is 5.97 Å². The van der Waals surface area contributed by atoms with Crippen molar-refractivity contribution >= 4 is 16.9 Å². The second-order valence-electron chi connectivity index (χ2n) is 4.93. The molecule has 0 aliphatic heterocycles. The molecule has 5 heteroatoms.